The van der Waals surface area contributed by atoms with Crippen LogP contribution in [0.5, 0.6) is 0 Å². The van der Waals surface area contributed by atoms with E-state index in [9.17, 15) is 5.21 Å². The van der Waals surface area contributed by atoms with Crippen LogP contribution in [-0.4, -0.2) is 29.7 Å². The summed E-state index contributed by atoms with van der Waals surface area (Å²) >= 11 is 6.12. The Balaban J connectivity index is 0.000000252. The second kappa shape index (κ2) is 9.50. The van der Waals surface area contributed by atoms with E-state index in [1.807, 2.05) is 42.5 Å². The summed E-state index contributed by atoms with van der Waals surface area (Å²) in [6.07, 6.45) is 0. The molecule has 4 nitrogen and oxygen atoms in total. The minimum Gasteiger partial charge on any atom is -0.288 e. The van der Waals surface area contributed by atoms with Crippen LogP contribution in [0.25, 0.3) is 5.70 Å². The molecule has 0 bridgehead atoms. The highest BCUT2D eigenvalue weighted by Crippen LogP contribution is 2.15. The number of amidine groups is 1. The molecule has 3 aromatic carbocycles. The number of hydrogen-bond acceptors (Lipinski definition) is 3. The van der Waals surface area contributed by atoms with Crippen LogP contribution in [0.4, 0.5) is 0 Å². The molecule has 3 aromatic rings. The monoisotopic (exact) mass is 405 g/mol. The Labute approximate surface area is 176 Å². The predicted octanol–water partition coefficient (Wildman–Crippen LogP) is 4.15. The van der Waals surface area contributed by atoms with E-state index >= 15 is 0 Å². The van der Waals surface area contributed by atoms with Crippen molar-refractivity contribution in [1.82, 2.24) is 5.06 Å². The molecule has 1 N–H and O–H groups in total. The molecule has 0 spiro atoms. The van der Waals surface area contributed by atoms with Gasteiger partial charge in [-0.2, -0.15) is 0 Å². The molecule has 4 rings (SSSR count). The van der Waals surface area contributed by atoms with E-state index in [1.165, 1.54) is 16.2 Å². The van der Waals surface area contributed by atoms with Gasteiger partial charge < -0.3 is 0 Å². The van der Waals surface area contributed by atoms with Crippen molar-refractivity contribution in [2.75, 3.05) is 13.6 Å². The molecule has 1 aliphatic rings. The zero-order valence-corrected chi connectivity index (χ0v) is 17.6. The highest BCUT2D eigenvalue weighted by Gasteiger charge is 2.17. The summed E-state index contributed by atoms with van der Waals surface area (Å²) in [5.74, 6) is 0.562. The first-order valence-corrected chi connectivity index (χ1v) is 9.75. The van der Waals surface area contributed by atoms with E-state index in [2.05, 4.69) is 48.1 Å². The van der Waals surface area contributed by atoms with Crippen molar-refractivity contribution in [2.45, 2.75) is 13.8 Å². The van der Waals surface area contributed by atoms with Crippen LogP contribution in [0.3, 0.4) is 0 Å². The standard InChI is InChI=1S/C16H14ClN3O.C8H10/c1-18-15-10-20(21)16(11-5-3-2-4-6-11)13-9-12(17)7-8-14(13)19-15;1-7-3-5-8(2)6-4-7/h2-9,21H,10H2,1H3;3-6H,1-2H3/b18-15-;. The molecule has 0 aromatic heterocycles. The van der Waals surface area contributed by atoms with Gasteiger partial charge in [-0.05, 0) is 32.0 Å². The summed E-state index contributed by atoms with van der Waals surface area (Å²) in [4.78, 5) is 8.60. The van der Waals surface area contributed by atoms with Gasteiger partial charge in [-0.15, -0.1) is 0 Å². The third-order valence-electron chi connectivity index (χ3n) is 4.54. The molecule has 0 saturated heterocycles. The maximum atomic E-state index is 10.5. The zero-order valence-electron chi connectivity index (χ0n) is 16.8. The fourth-order valence-corrected chi connectivity index (χ4v) is 3.15. The van der Waals surface area contributed by atoms with Gasteiger partial charge in [0.15, 0.2) is 0 Å². The molecule has 0 radical (unpaired) electrons. The van der Waals surface area contributed by atoms with Crippen LogP contribution in [0.2, 0.25) is 5.02 Å². The Bertz CT molecular complexity index is 1100. The Morgan fingerprint density at radius 1 is 0.931 bits per heavy atom. The predicted molar refractivity (Wildman–Crippen MR) is 119 cm³/mol. The number of aliphatic imine (C=N–C) groups is 1. The van der Waals surface area contributed by atoms with Crippen molar-refractivity contribution in [3.8, 4) is 0 Å². The van der Waals surface area contributed by atoms with Crippen molar-refractivity contribution in [1.29, 1.82) is 0 Å². The van der Waals surface area contributed by atoms with E-state index in [4.69, 9.17) is 11.6 Å². The number of aryl methyl sites for hydroxylation is 2. The lowest BCUT2D eigenvalue weighted by atomic mass is 10.1. The van der Waals surface area contributed by atoms with Crippen LogP contribution < -0.4 is 10.6 Å². The van der Waals surface area contributed by atoms with Gasteiger partial charge in [0.1, 0.15) is 12.4 Å². The van der Waals surface area contributed by atoms with Crippen LogP contribution in [0.1, 0.15) is 16.7 Å². The number of fused-ring (bicyclic) bond motifs is 1. The third kappa shape index (κ3) is 5.31. The van der Waals surface area contributed by atoms with E-state index < -0.39 is 0 Å². The van der Waals surface area contributed by atoms with Gasteiger partial charge in [0.05, 0.1) is 11.1 Å². The molecule has 0 atom stereocenters. The Kier molecular flexibility index (Phi) is 6.81. The average Bonchev–Trinajstić information content (AvgIpc) is 2.86. The number of nitrogens with zero attached hydrogens (tertiary/aromatic N) is 3. The average molecular weight is 406 g/mol. The van der Waals surface area contributed by atoms with Crippen molar-refractivity contribution < 1.29 is 5.21 Å². The van der Waals surface area contributed by atoms with Gasteiger partial charge in [0.25, 0.3) is 0 Å². The van der Waals surface area contributed by atoms with E-state index in [1.54, 1.807) is 13.1 Å². The van der Waals surface area contributed by atoms with Gasteiger partial charge in [-0.25, -0.2) is 10.1 Å². The quantitative estimate of drug-likeness (QED) is 0.661. The molecule has 0 fully saturated rings. The van der Waals surface area contributed by atoms with Gasteiger partial charge >= 0.3 is 0 Å². The Hall–Kier alpha value is -2.95. The van der Waals surface area contributed by atoms with Gasteiger partial charge in [0, 0.05) is 22.9 Å². The van der Waals surface area contributed by atoms with Crippen LogP contribution >= 0.6 is 11.6 Å². The lowest BCUT2D eigenvalue weighted by Gasteiger charge is -2.19. The number of halogens is 1. The number of rotatable bonds is 1. The van der Waals surface area contributed by atoms with Crippen molar-refractivity contribution in [3.63, 3.8) is 0 Å². The highest BCUT2D eigenvalue weighted by atomic mass is 35.5. The molecule has 5 heteroatoms. The number of hydroxylamine groups is 2. The van der Waals surface area contributed by atoms with E-state index in [0.29, 0.717) is 16.6 Å². The summed E-state index contributed by atoms with van der Waals surface area (Å²) in [6, 6.07) is 23.6. The van der Waals surface area contributed by atoms with Gasteiger partial charge in [0.2, 0.25) is 0 Å². The van der Waals surface area contributed by atoms with Crippen LogP contribution in [0, 0.1) is 13.8 Å². The lowest BCUT2D eigenvalue weighted by molar-refractivity contribution is -0.0119. The van der Waals surface area contributed by atoms with Crippen LogP contribution in [-0.2, 0) is 0 Å². The summed E-state index contributed by atoms with van der Waals surface area (Å²) < 4.78 is 0. The van der Waals surface area contributed by atoms with E-state index in [-0.39, 0.29) is 6.54 Å². The smallest absolute Gasteiger partial charge is 0.145 e. The van der Waals surface area contributed by atoms with Crippen molar-refractivity contribution in [2.24, 2.45) is 9.98 Å². The second-order valence-corrected chi connectivity index (χ2v) is 7.28. The lowest BCUT2D eigenvalue weighted by Crippen LogP contribution is -2.31. The molecule has 1 aliphatic heterocycles. The summed E-state index contributed by atoms with van der Waals surface area (Å²) in [7, 11) is 1.66. The fourth-order valence-electron chi connectivity index (χ4n) is 2.98. The van der Waals surface area contributed by atoms with Gasteiger partial charge in [-0.1, -0.05) is 77.3 Å². The SMILES string of the molecule is C/N=C1/CN(O)C(c2ccccc2)=c2cc(Cl)ccc2=N1.Cc1ccc(C)cc1. The van der Waals surface area contributed by atoms with Gasteiger partial charge in [-0.3, -0.25) is 10.2 Å². The minimum absolute atomic E-state index is 0.229. The normalized spacial score (nSPS) is 14.4. The second-order valence-electron chi connectivity index (χ2n) is 6.84. The summed E-state index contributed by atoms with van der Waals surface area (Å²) in [5.41, 5.74) is 4.23. The largest absolute Gasteiger partial charge is 0.288 e. The molecule has 0 aliphatic carbocycles. The fraction of sp³-hybridized carbons (Fsp3) is 0.167. The highest BCUT2D eigenvalue weighted by molar-refractivity contribution is 6.30. The first-order valence-electron chi connectivity index (χ1n) is 9.37. The maximum absolute atomic E-state index is 10.5. The molecule has 29 heavy (non-hydrogen) atoms. The maximum Gasteiger partial charge on any atom is 0.145 e. The van der Waals surface area contributed by atoms with Crippen LogP contribution in [0.15, 0.2) is 82.8 Å². The molecule has 1 heterocycles. The Morgan fingerprint density at radius 3 is 2.14 bits per heavy atom. The molecule has 0 amide bonds. The van der Waals surface area contributed by atoms with Crippen molar-refractivity contribution >= 4 is 23.1 Å². The minimum atomic E-state index is 0.229. The molecule has 0 saturated carbocycles. The number of benzene rings is 3. The first-order chi connectivity index (χ1) is 14.0. The molecule has 0 unspecified atom stereocenters. The topological polar surface area (TPSA) is 48.2 Å². The van der Waals surface area contributed by atoms with E-state index in [0.717, 1.165) is 16.1 Å². The third-order valence-corrected chi connectivity index (χ3v) is 4.77. The first kappa shape index (κ1) is 20.8. The summed E-state index contributed by atoms with van der Waals surface area (Å²) in [6.45, 7) is 4.42. The Morgan fingerprint density at radius 2 is 1.55 bits per heavy atom. The zero-order chi connectivity index (χ0) is 20.8. The molecule has 148 valence electrons. The van der Waals surface area contributed by atoms with Crippen molar-refractivity contribution in [3.05, 3.63) is 105 Å². The summed E-state index contributed by atoms with van der Waals surface area (Å²) in [5, 5.41) is 13.8. The molecular formula is C24H24ClN3O. The molecular weight excluding hydrogens is 382 g/mol. The number of hydrogen-bond donors (Lipinski definition) is 1.